The number of benzene rings is 1. The van der Waals surface area contributed by atoms with Gasteiger partial charge in [0.05, 0.1) is 18.3 Å². The Balaban J connectivity index is 2.06. The average molecular weight is 334 g/mol. The molecule has 20 heavy (non-hydrogen) atoms. The first-order valence-corrected chi connectivity index (χ1v) is 7.16. The predicted octanol–water partition coefficient (Wildman–Crippen LogP) is 3.17. The van der Waals surface area contributed by atoms with E-state index in [-0.39, 0.29) is 12.3 Å². The summed E-state index contributed by atoms with van der Waals surface area (Å²) in [6.07, 6.45) is 2.65. The summed E-state index contributed by atoms with van der Waals surface area (Å²) in [4.78, 5) is 16.1. The lowest BCUT2D eigenvalue weighted by Gasteiger charge is -2.10. The Hall–Kier alpha value is -1.88. The fourth-order valence-electron chi connectivity index (χ4n) is 1.88. The van der Waals surface area contributed by atoms with E-state index in [2.05, 4.69) is 33.2 Å². The number of aromatic nitrogens is 1. The second-order valence-electron chi connectivity index (χ2n) is 4.46. The lowest BCUT2D eigenvalue weighted by Crippen LogP contribution is -2.16. The van der Waals surface area contributed by atoms with Gasteiger partial charge >= 0.3 is 0 Å². The van der Waals surface area contributed by atoms with Crippen LogP contribution in [0.15, 0.2) is 41.0 Å². The zero-order valence-electron chi connectivity index (χ0n) is 11.2. The van der Waals surface area contributed by atoms with Gasteiger partial charge in [-0.2, -0.15) is 0 Å². The number of rotatable bonds is 4. The van der Waals surface area contributed by atoms with Crippen LogP contribution in [0.3, 0.4) is 0 Å². The summed E-state index contributed by atoms with van der Waals surface area (Å²) >= 11 is 3.43. The van der Waals surface area contributed by atoms with E-state index in [1.165, 1.54) is 0 Å². The number of carbonyl (C=O) groups excluding carboxylic acids is 1. The van der Waals surface area contributed by atoms with Gasteiger partial charge < -0.3 is 11.1 Å². The smallest absolute Gasteiger partial charge is 0.230 e. The second-order valence-corrected chi connectivity index (χ2v) is 5.38. The maximum absolute atomic E-state index is 12.0. The molecule has 0 atom stereocenters. The summed E-state index contributed by atoms with van der Waals surface area (Å²) in [6, 6.07) is 9.33. The van der Waals surface area contributed by atoms with Crippen molar-refractivity contribution in [2.24, 2.45) is 0 Å². The summed E-state index contributed by atoms with van der Waals surface area (Å²) in [5.41, 5.74) is 8.80. The molecule has 5 heteroatoms. The van der Waals surface area contributed by atoms with Gasteiger partial charge in [0.2, 0.25) is 5.91 Å². The molecule has 3 N–H and O–H groups in total. The third-order valence-electron chi connectivity index (χ3n) is 2.91. The number of aryl methyl sites for hydroxylation is 1. The molecule has 0 bridgehead atoms. The molecule has 1 aromatic heterocycles. The number of anilines is 2. The first kappa shape index (κ1) is 14.5. The monoisotopic (exact) mass is 333 g/mol. The van der Waals surface area contributed by atoms with E-state index >= 15 is 0 Å². The van der Waals surface area contributed by atoms with Crippen LogP contribution >= 0.6 is 15.9 Å². The van der Waals surface area contributed by atoms with Crippen molar-refractivity contribution in [3.63, 3.8) is 0 Å². The second kappa shape index (κ2) is 6.52. The minimum atomic E-state index is -0.0840. The molecule has 2 aromatic rings. The van der Waals surface area contributed by atoms with Crippen molar-refractivity contribution in [1.29, 1.82) is 0 Å². The molecular formula is C15H16BrN3O. The number of carbonyl (C=O) groups is 1. The molecule has 1 heterocycles. The molecule has 0 saturated heterocycles. The molecule has 0 aliphatic heterocycles. The van der Waals surface area contributed by atoms with Gasteiger partial charge in [0.25, 0.3) is 0 Å². The molecule has 0 spiro atoms. The quantitative estimate of drug-likeness (QED) is 0.902. The maximum atomic E-state index is 12.0. The number of halogens is 1. The van der Waals surface area contributed by atoms with E-state index < -0.39 is 0 Å². The maximum Gasteiger partial charge on any atom is 0.230 e. The van der Waals surface area contributed by atoms with Crippen molar-refractivity contribution in [1.82, 2.24) is 4.98 Å². The average Bonchev–Trinajstić information content (AvgIpc) is 2.43. The number of amides is 1. The van der Waals surface area contributed by atoms with Crippen LogP contribution in [-0.4, -0.2) is 10.9 Å². The van der Waals surface area contributed by atoms with Crippen molar-refractivity contribution in [2.75, 3.05) is 11.1 Å². The van der Waals surface area contributed by atoms with Crippen molar-refractivity contribution in [2.45, 2.75) is 19.8 Å². The van der Waals surface area contributed by atoms with E-state index in [1.807, 2.05) is 18.2 Å². The molecule has 0 saturated carbocycles. The van der Waals surface area contributed by atoms with Gasteiger partial charge in [-0.25, -0.2) is 0 Å². The molecule has 4 nitrogen and oxygen atoms in total. The van der Waals surface area contributed by atoms with Gasteiger partial charge in [0, 0.05) is 15.9 Å². The largest absolute Gasteiger partial charge is 0.397 e. The van der Waals surface area contributed by atoms with E-state index in [9.17, 15) is 4.79 Å². The normalized spacial score (nSPS) is 10.3. The van der Waals surface area contributed by atoms with Crippen LogP contribution in [0.1, 0.15) is 18.2 Å². The highest BCUT2D eigenvalue weighted by molar-refractivity contribution is 9.10. The fraction of sp³-hybridized carbons (Fsp3) is 0.200. The first-order valence-electron chi connectivity index (χ1n) is 6.37. The number of nitrogens with two attached hydrogens (primary N) is 1. The zero-order chi connectivity index (χ0) is 14.5. The molecule has 104 valence electrons. The number of nitrogens with zero attached hydrogens (tertiary/aromatic N) is 1. The summed E-state index contributed by atoms with van der Waals surface area (Å²) in [6.45, 7) is 2.05. The van der Waals surface area contributed by atoms with Crippen molar-refractivity contribution < 1.29 is 4.79 Å². The molecule has 0 radical (unpaired) electrons. The number of hydrogen-bond acceptors (Lipinski definition) is 3. The topological polar surface area (TPSA) is 68.0 Å². The molecule has 1 amide bonds. The molecule has 0 fully saturated rings. The number of pyridine rings is 1. The Bertz CT molecular complexity index is 611. The van der Waals surface area contributed by atoms with Crippen LogP contribution in [0.5, 0.6) is 0 Å². The molecule has 1 aromatic carbocycles. The third kappa shape index (κ3) is 3.81. The molecule has 2 rings (SSSR count). The van der Waals surface area contributed by atoms with Gasteiger partial charge in [-0.15, -0.1) is 0 Å². The highest BCUT2D eigenvalue weighted by Gasteiger charge is 2.08. The van der Waals surface area contributed by atoms with Crippen LogP contribution in [0.25, 0.3) is 0 Å². The summed E-state index contributed by atoms with van der Waals surface area (Å²) < 4.78 is 1.01. The Labute approximate surface area is 126 Å². The molecule has 0 aliphatic rings. The van der Waals surface area contributed by atoms with Gasteiger partial charge in [0.15, 0.2) is 0 Å². The number of nitrogens with one attached hydrogen (secondary N) is 1. The van der Waals surface area contributed by atoms with Crippen molar-refractivity contribution in [3.8, 4) is 0 Å². The Kier molecular flexibility index (Phi) is 4.74. The lowest BCUT2D eigenvalue weighted by molar-refractivity contribution is -0.115. The third-order valence-corrected chi connectivity index (χ3v) is 3.40. The summed E-state index contributed by atoms with van der Waals surface area (Å²) in [5, 5.41) is 2.92. The minimum absolute atomic E-state index is 0.0840. The predicted molar refractivity (Wildman–Crippen MR) is 84.5 cm³/mol. The van der Waals surface area contributed by atoms with Gasteiger partial charge in [-0.3, -0.25) is 9.78 Å². The SMILES string of the molecule is CCc1cc(Br)ccc1NC(=O)Cc1ccc(N)cn1. The van der Waals surface area contributed by atoms with Crippen LogP contribution in [0, 0.1) is 0 Å². The Morgan fingerprint density at radius 3 is 2.80 bits per heavy atom. The lowest BCUT2D eigenvalue weighted by atomic mass is 10.1. The van der Waals surface area contributed by atoms with Gasteiger partial charge in [-0.1, -0.05) is 22.9 Å². The van der Waals surface area contributed by atoms with Crippen LogP contribution in [-0.2, 0) is 17.6 Å². The van der Waals surface area contributed by atoms with E-state index in [1.54, 1.807) is 18.3 Å². The zero-order valence-corrected chi connectivity index (χ0v) is 12.8. The molecular weight excluding hydrogens is 318 g/mol. The Morgan fingerprint density at radius 2 is 2.15 bits per heavy atom. The minimum Gasteiger partial charge on any atom is -0.397 e. The van der Waals surface area contributed by atoms with Crippen molar-refractivity contribution >= 4 is 33.2 Å². The molecule has 0 unspecified atom stereocenters. The Morgan fingerprint density at radius 1 is 1.35 bits per heavy atom. The van der Waals surface area contributed by atoms with Gasteiger partial charge in [0.1, 0.15) is 0 Å². The van der Waals surface area contributed by atoms with Crippen molar-refractivity contribution in [3.05, 3.63) is 52.3 Å². The standard InChI is InChI=1S/C15H16BrN3O/c1-2-10-7-11(16)3-6-14(10)19-15(20)8-13-5-4-12(17)9-18-13/h3-7,9H,2,8,17H2,1H3,(H,19,20). The summed E-state index contributed by atoms with van der Waals surface area (Å²) in [7, 11) is 0. The van der Waals surface area contributed by atoms with Crippen LogP contribution < -0.4 is 11.1 Å². The highest BCUT2D eigenvalue weighted by Crippen LogP contribution is 2.21. The number of nitrogen functional groups attached to an aromatic ring is 1. The van der Waals surface area contributed by atoms with Crippen LogP contribution in [0.4, 0.5) is 11.4 Å². The first-order chi connectivity index (χ1) is 9.58. The van der Waals surface area contributed by atoms with E-state index in [0.29, 0.717) is 11.4 Å². The van der Waals surface area contributed by atoms with E-state index in [0.717, 1.165) is 22.1 Å². The summed E-state index contributed by atoms with van der Waals surface area (Å²) in [5.74, 6) is -0.0840. The number of hydrogen-bond donors (Lipinski definition) is 2. The van der Waals surface area contributed by atoms with Gasteiger partial charge in [-0.05, 0) is 42.3 Å². The fourth-order valence-corrected chi connectivity index (χ4v) is 2.28. The molecule has 0 aliphatic carbocycles. The highest BCUT2D eigenvalue weighted by atomic mass is 79.9. The van der Waals surface area contributed by atoms with E-state index in [4.69, 9.17) is 5.73 Å². The van der Waals surface area contributed by atoms with Crippen LogP contribution in [0.2, 0.25) is 0 Å².